The van der Waals surface area contributed by atoms with E-state index in [4.69, 9.17) is 5.73 Å². The molecule has 2 heteroatoms. The second-order valence-corrected chi connectivity index (χ2v) is 5.35. The first-order valence-corrected chi connectivity index (χ1v) is 5.59. The molecule has 76 valence electrons. The first-order valence-electron chi connectivity index (χ1n) is 5.59. The van der Waals surface area contributed by atoms with Crippen molar-refractivity contribution in [2.45, 2.75) is 39.2 Å². The van der Waals surface area contributed by atoms with E-state index >= 15 is 0 Å². The van der Waals surface area contributed by atoms with Crippen molar-refractivity contribution in [2.75, 3.05) is 19.6 Å². The van der Waals surface area contributed by atoms with Crippen LogP contribution in [-0.4, -0.2) is 30.6 Å². The molecule has 1 saturated heterocycles. The van der Waals surface area contributed by atoms with E-state index in [-0.39, 0.29) is 0 Å². The number of likely N-dealkylation sites (tertiary alicyclic amines) is 1. The molecule has 1 heterocycles. The fourth-order valence-corrected chi connectivity index (χ4v) is 3.46. The van der Waals surface area contributed by atoms with E-state index in [1.54, 1.807) is 0 Å². The fraction of sp³-hybridized carbons (Fsp3) is 1.00. The third-order valence-corrected chi connectivity index (χ3v) is 3.98. The van der Waals surface area contributed by atoms with Crippen LogP contribution in [0.5, 0.6) is 0 Å². The molecular weight excluding hydrogens is 160 g/mol. The van der Waals surface area contributed by atoms with Gasteiger partial charge in [0.25, 0.3) is 0 Å². The molecule has 1 aliphatic heterocycles. The van der Waals surface area contributed by atoms with Gasteiger partial charge < -0.3 is 5.73 Å². The summed E-state index contributed by atoms with van der Waals surface area (Å²) in [4.78, 5) is 2.62. The molecule has 13 heavy (non-hydrogen) atoms. The van der Waals surface area contributed by atoms with Crippen LogP contribution < -0.4 is 5.73 Å². The number of nitrogens with zero attached hydrogens (tertiary/aromatic N) is 1. The van der Waals surface area contributed by atoms with Gasteiger partial charge in [-0.25, -0.2) is 0 Å². The first-order chi connectivity index (χ1) is 6.15. The first kappa shape index (κ1) is 9.47. The van der Waals surface area contributed by atoms with Gasteiger partial charge >= 0.3 is 0 Å². The molecule has 2 atom stereocenters. The maximum absolute atomic E-state index is 5.64. The van der Waals surface area contributed by atoms with E-state index in [0.717, 1.165) is 25.0 Å². The summed E-state index contributed by atoms with van der Waals surface area (Å²) >= 11 is 0. The van der Waals surface area contributed by atoms with Gasteiger partial charge in [0.15, 0.2) is 0 Å². The zero-order valence-electron chi connectivity index (χ0n) is 8.92. The number of nitrogens with two attached hydrogens (primary N) is 1. The zero-order valence-corrected chi connectivity index (χ0v) is 8.92. The van der Waals surface area contributed by atoms with Gasteiger partial charge in [-0.3, -0.25) is 4.90 Å². The summed E-state index contributed by atoms with van der Waals surface area (Å²) in [5.74, 6) is 0.944. The lowest BCUT2D eigenvalue weighted by molar-refractivity contribution is 0.244. The standard InChI is InChI=1S/C11H22N2/c1-11(2)8-13(7-6-12)10-5-3-4-9(10)11/h9-10H,3-8,12H2,1-2H3. The van der Waals surface area contributed by atoms with Crippen LogP contribution in [-0.2, 0) is 0 Å². The summed E-state index contributed by atoms with van der Waals surface area (Å²) in [6.07, 6.45) is 4.28. The van der Waals surface area contributed by atoms with Crippen molar-refractivity contribution in [3.63, 3.8) is 0 Å². The fourth-order valence-electron chi connectivity index (χ4n) is 3.46. The molecule has 2 nitrogen and oxygen atoms in total. The molecule has 2 aliphatic rings. The lowest BCUT2D eigenvalue weighted by Crippen LogP contribution is -2.34. The summed E-state index contributed by atoms with van der Waals surface area (Å²) in [6.45, 7) is 8.03. The molecule has 1 saturated carbocycles. The van der Waals surface area contributed by atoms with Crippen molar-refractivity contribution < 1.29 is 0 Å². The van der Waals surface area contributed by atoms with Gasteiger partial charge in [-0.15, -0.1) is 0 Å². The van der Waals surface area contributed by atoms with Gasteiger partial charge in [-0.1, -0.05) is 20.3 Å². The molecule has 0 radical (unpaired) electrons. The summed E-state index contributed by atoms with van der Waals surface area (Å²) in [6, 6.07) is 0.860. The molecule has 2 unspecified atom stereocenters. The maximum Gasteiger partial charge on any atom is 0.0130 e. The Morgan fingerprint density at radius 2 is 2.15 bits per heavy atom. The Balaban J connectivity index is 2.09. The summed E-state index contributed by atoms with van der Waals surface area (Å²) < 4.78 is 0. The van der Waals surface area contributed by atoms with E-state index < -0.39 is 0 Å². The van der Waals surface area contributed by atoms with Crippen LogP contribution >= 0.6 is 0 Å². The average Bonchev–Trinajstić information content (AvgIpc) is 2.57. The van der Waals surface area contributed by atoms with Crippen LogP contribution in [0.2, 0.25) is 0 Å². The molecule has 2 rings (SSSR count). The Bertz CT molecular complexity index is 189. The quantitative estimate of drug-likeness (QED) is 0.700. The van der Waals surface area contributed by atoms with Crippen molar-refractivity contribution in [1.29, 1.82) is 0 Å². The van der Waals surface area contributed by atoms with E-state index in [1.807, 2.05) is 0 Å². The molecule has 0 bridgehead atoms. The van der Waals surface area contributed by atoms with Crippen LogP contribution in [0.3, 0.4) is 0 Å². The van der Waals surface area contributed by atoms with Crippen molar-refractivity contribution in [1.82, 2.24) is 4.90 Å². The highest BCUT2D eigenvalue weighted by molar-refractivity contribution is 5.01. The number of hydrogen-bond acceptors (Lipinski definition) is 2. The van der Waals surface area contributed by atoms with Gasteiger partial charge in [0.05, 0.1) is 0 Å². The Kier molecular flexibility index (Phi) is 2.37. The van der Waals surface area contributed by atoms with Crippen LogP contribution in [0, 0.1) is 11.3 Å². The predicted molar refractivity (Wildman–Crippen MR) is 55.5 cm³/mol. The van der Waals surface area contributed by atoms with Gasteiger partial charge in [0, 0.05) is 25.7 Å². The highest BCUT2D eigenvalue weighted by atomic mass is 15.2. The van der Waals surface area contributed by atoms with E-state index in [0.29, 0.717) is 5.41 Å². The van der Waals surface area contributed by atoms with Crippen LogP contribution in [0.4, 0.5) is 0 Å². The monoisotopic (exact) mass is 182 g/mol. The average molecular weight is 182 g/mol. The third kappa shape index (κ3) is 1.50. The number of rotatable bonds is 2. The van der Waals surface area contributed by atoms with E-state index in [9.17, 15) is 0 Å². The predicted octanol–water partition coefficient (Wildman–Crippen LogP) is 1.46. The Morgan fingerprint density at radius 1 is 1.38 bits per heavy atom. The van der Waals surface area contributed by atoms with E-state index in [2.05, 4.69) is 18.7 Å². The second-order valence-electron chi connectivity index (χ2n) is 5.35. The Labute approximate surface area is 81.5 Å². The van der Waals surface area contributed by atoms with Gasteiger partial charge in [0.1, 0.15) is 0 Å². The maximum atomic E-state index is 5.64. The second kappa shape index (κ2) is 3.25. The highest BCUT2D eigenvalue weighted by Crippen LogP contribution is 2.48. The van der Waals surface area contributed by atoms with Gasteiger partial charge in [0.2, 0.25) is 0 Å². The lowest BCUT2D eigenvalue weighted by atomic mass is 9.80. The topological polar surface area (TPSA) is 29.3 Å². The summed E-state index contributed by atoms with van der Waals surface area (Å²) in [7, 11) is 0. The highest BCUT2D eigenvalue weighted by Gasteiger charge is 2.48. The summed E-state index contributed by atoms with van der Waals surface area (Å²) in [5, 5.41) is 0. The van der Waals surface area contributed by atoms with Crippen LogP contribution in [0.1, 0.15) is 33.1 Å². The minimum Gasteiger partial charge on any atom is -0.329 e. The van der Waals surface area contributed by atoms with Crippen LogP contribution in [0.25, 0.3) is 0 Å². The zero-order chi connectivity index (χ0) is 9.47. The van der Waals surface area contributed by atoms with Gasteiger partial charge in [-0.05, 0) is 24.2 Å². The molecule has 0 amide bonds. The Morgan fingerprint density at radius 3 is 2.85 bits per heavy atom. The summed E-state index contributed by atoms with van der Waals surface area (Å²) in [5.41, 5.74) is 6.18. The molecule has 0 aromatic carbocycles. The molecule has 0 aromatic rings. The molecular formula is C11H22N2. The smallest absolute Gasteiger partial charge is 0.0130 e. The number of fused-ring (bicyclic) bond motifs is 1. The van der Waals surface area contributed by atoms with Crippen molar-refractivity contribution in [3.8, 4) is 0 Å². The molecule has 2 fully saturated rings. The van der Waals surface area contributed by atoms with Gasteiger partial charge in [-0.2, -0.15) is 0 Å². The Hall–Kier alpha value is -0.0800. The molecule has 1 aliphatic carbocycles. The third-order valence-electron chi connectivity index (χ3n) is 3.98. The van der Waals surface area contributed by atoms with E-state index in [1.165, 1.54) is 25.8 Å². The molecule has 0 spiro atoms. The molecule has 0 aromatic heterocycles. The van der Waals surface area contributed by atoms with Crippen molar-refractivity contribution >= 4 is 0 Å². The molecule has 2 N–H and O–H groups in total. The SMILES string of the molecule is CC1(C)CN(CCN)C2CCCC21. The normalized spacial score (nSPS) is 38.1. The minimum absolute atomic E-state index is 0.538. The van der Waals surface area contributed by atoms with Crippen molar-refractivity contribution in [2.24, 2.45) is 17.1 Å². The van der Waals surface area contributed by atoms with Crippen LogP contribution in [0.15, 0.2) is 0 Å². The lowest BCUT2D eigenvalue weighted by Gasteiger charge is -2.24. The van der Waals surface area contributed by atoms with Crippen molar-refractivity contribution in [3.05, 3.63) is 0 Å². The number of hydrogen-bond donors (Lipinski definition) is 1. The minimum atomic E-state index is 0.538. The largest absolute Gasteiger partial charge is 0.329 e.